The first-order valence-electron chi connectivity index (χ1n) is 9.17. The Balaban J connectivity index is 1.55. The molecule has 0 bridgehead atoms. The minimum Gasteiger partial charge on any atom is -0.294 e. The summed E-state index contributed by atoms with van der Waals surface area (Å²) in [5, 5.41) is 2.40. The monoisotopic (exact) mass is 398 g/mol. The van der Waals surface area contributed by atoms with Gasteiger partial charge in [0.1, 0.15) is 8.07 Å². The second-order valence-corrected chi connectivity index (χ2v) is 13.9. The minimum absolute atomic E-state index is 0.877. The van der Waals surface area contributed by atoms with Crippen molar-refractivity contribution < 1.29 is 0 Å². The van der Waals surface area contributed by atoms with E-state index in [0.717, 1.165) is 31.1 Å². The number of hydrogen-bond donors (Lipinski definition) is 0. The fourth-order valence-corrected chi connectivity index (χ4v) is 8.40. The van der Waals surface area contributed by atoms with Gasteiger partial charge < -0.3 is 0 Å². The molecule has 1 aliphatic rings. The van der Waals surface area contributed by atoms with E-state index >= 15 is 0 Å². The van der Waals surface area contributed by atoms with E-state index in [-0.39, 0.29) is 0 Å². The van der Waals surface area contributed by atoms with Gasteiger partial charge in [-0.2, -0.15) is 0 Å². The summed E-state index contributed by atoms with van der Waals surface area (Å²) in [4.78, 5) is 4.11. The van der Waals surface area contributed by atoms with E-state index in [1.165, 1.54) is 16.3 Å². The molecule has 2 aromatic carbocycles. The highest BCUT2D eigenvalue weighted by Crippen LogP contribution is 2.27. The largest absolute Gasteiger partial charge is 0.294 e. The van der Waals surface area contributed by atoms with Crippen LogP contribution in [0.2, 0.25) is 18.1 Å². The topological polar surface area (TPSA) is 3.24 Å². The summed E-state index contributed by atoms with van der Waals surface area (Å²) in [7, 11) is -1.60. The van der Waals surface area contributed by atoms with Crippen molar-refractivity contribution >= 4 is 40.7 Å². The Bertz CT molecular complexity index is 904. The number of rotatable bonds is 4. The van der Waals surface area contributed by atoms with Gasteiger partial charge in [-0.15, -0.1) is 11.3 Å². The zero-order chi connectivity index (χ0) is 18.1. The quantitative estimate of drug-likeness (QED) is 0.451. The highest BCUT2D eigenvalue weighted by molar-refractivity contribution is 7.29. The minimum atomic E-state index is -1.60. The third-order valence-electron chi connectivity index (χ3n) is 5.41. The Morgan fingerprint density at radius 3 is 2.54 bits per heavy atom. The molecule has 0 spiro atoms. The summed E-state index contributed by atoms with van der Waals surface area (Å²) >= 11 is 8.41. The Kier molecular flexibility index (Phi) is 5.06. The van der Waals surface area contributed by atoms with Crippen LogP contribution < -0.4 is 9.69 Å². The SMILES string of the molecule is C[Si](C)(c1ccccc1)c1cc2c(s1)CCN(Cc1ccccc1Cl)[13CH2]2. The third kappa shape index (κ3) is 3.54. The Hall–Kier alpha value is -1.39. The predicted octanol–water partition coefficient (Wildman–Crippen LogP) is 4.78. The molecule has 26 heavy (non-hydrogen) atoms. The van der Waals surface area contributed by atoms with Crippen molar-refractivity contribution in [1.29, 1.82) is 0 Å². The first-order valence-corrected chi connectivity index (χ1v) is 13.4. The van der Waals surface area contributed by atoms with E-state index in [0.29, 0.717) is 0 Å². The van der Waals surface area contributed by atoms with Gasteiger partial charge in [-0.25, -0.2) is 0 Å². The van der Waals surface area contributed by atoms with Crippen LogP contribution in [0.4, 0.5) is 0 Å². The highest BCUT2D eigenvalue weighted by atomic mass is 35.5. The predicted molar refractivity (Wildman–Crippen MR) is 117 cm³/mol. The maximum Gasteiger partial charge on any atom is 0.124 e. The van der Waals surface area contributed by atoms with Gasteiger partial charge in [-0.05, 0) is 34.2 Å². The number of halogens is 1. The van der Waals surface area contributed by atoms with Crippen molar-refractivity contribution in [2.45, 2.75) is 32.6 Å². The van der Waals surface area contributed by atoms with E-state index in [1.807, 2.05) is 12.1 Å². The molecule has 2 heterocycles. The maximum absolute atomic E-state index is 6.36. The van der Waals surface area contributed by atoms with Gasteiger partial charge in [0.25, 0.3) is 0 Å². The number of benzene rings is 2. The van der Waals surface area contributed by atoms with E-state index in [2.05, 4.69) is 77.9 Å². The molecule has 0 unspecified atom stereocenters. The number of hydrogen-bond acceptors (Lipinski definition) is 2. The summed E-state index contributed by atoms with van der Waals surface area (Å²) in [5.41, 5.74) is 2.76. The lowest BCUT2D eigenvalue weighted by Gasteiger charge is -2.27. The molecule has 0 saturated carbocycles. The summed E-state index contributed by atoms with van der Waals surface area (Å²) in [6.07, 6.45) is 1.16. The second-order valence-electron chi connectivity index (χ2n) is 7.60. The highest BCUT2D eigenvalue weighted by Gasteiger charge is 2.30. The lowest BCUT2D eigenvalue weighted by atomic mass is 10.2. The van der Waals surface area contributed by atoms with Crippen LogP contribution in [0.25, 0.3) is 0 Å². The van der Waals surface area contributed by atoms with E-state index < -0.39 is 8.07 Å². The van der Waals surface area contributed by atoms with Crippen molar-refractivity contribution in [2.24, 2.45) is 0 Å². The molecule has 1 aliphatic heterocycles. The van der Waals surface area contributed by atoms with Crippen molar-refractivity contribution in [2.75, 3.05) is 6.54 Å². The van der Waals surface area contributed by atoms with Crippen LogP contribution in [0.5, 0.6) is 0 Å². The molecular weight excluding hydrogens is 375 g/mol. The Labute approximate surface area is 166 Å². The molecule has 4 heteroatoms. The number of fused-ring (bicyclic) bond motifs is 1. The van der Waals surface area contributed by atoms with E-state index in [1.54, 1.807) is 9.38 Å². The standard InChI is InChI=1S/C22H24ClNSSi/c1-26(2,19-9-4-3-5-10-19)22-14-18-16-24(13-12-21(18)25-22)15-17-8-6-7-11-20(17)23/h3-11,14H,12-13,15-16H2,1-2H3/i16+1. The molecule has 1 nitrogen and oxygen atoms in total. The molecular formula is C22H24ClNSSi. The fourth-order valence-electron chi connectivity index (χ4n) is 3.70. The Morgan fingerprint density at radius 1 is 1.04 bits per heavy atom. The summed E-state index contributed by atoms with van der Waals surface area (Å²) in [6, 6.07) is 21.8. The molecule has 0 N–H and O–H groups in total. The summed E-state index contributed by atoms with van der Waals surface area (Å²) in [5.74, 6) is 0. The smallest absolute Gasteiger partial charge is 0.124 e. The van der Waals surface area contributed by atoms with Crippen LogP contribution in [-0.2, 0) is 19.5 Å². The van der Waals surface area contributed by atoms with Crippen LogP contribution in [0.3, 0.4) is 0 Å². The van der Waals surface area contributed by atoms with Crippen LogP contribution >= 0.6 is 22.9 Å². The first-order chi connectivity index (χ1) is 12.5. The van der Waals surface area contributed by atoms with Crippen molar-refractivity contribution in [3.8, 4) is 0 Å². The van der Waals surface area contributed by atoms with Gasteiger partial charge in [0, 0.05) is 29.5 Å². The molecule has 1 aromatic heterocycles. The molecule has 0 amide bonds. The van der Waals surface area contributed by atoms with Gasteiger partial charge in [0.15, 0.2) is 0 Å². The van der Waals surface area contributed by atoms with Gasteiger partial charge >= 0.3 is 0 Å². The van der Waals surface area contributed by atoms with Crippen LogP contribution in [0.1, 0.15) is 16.0 Å². The molecule has 0 radical (unpaired) electrons. The van der Waals surface area contributed by atoms with Crippen LogP contribution in [-0.4, -0.2) is 19.5 Å². The average Bonchev–Trinajstić information content (AvgIpc) is 3.09. The van der Waals surface area contributed by atoms with Gasteiger partial charge in [-0.1, -0.05) is 78.4 Å². The summed E-state index contributed by atoms with van der Waals surface area (Å²) < 4.78 is 1.60. The van der Waals surface area contributed by atoms with Crippen molar-refractivity contribution in [3.05, 3.63) is 81.7 Å². The van der Waals surface area contributed by atoms with Crippen molar-refractivity contribution in [3.63, 3.8) is 0 Å². The molecule has 0 atom stereocenters. The molecule has 3 aromatic rings. The fraction of sp³-hybridized carbons (Fsp3) is 0.273. The third-order valence-corrected chi connectivity index (χ3v) is 11.8. The van der Waals surface area contributed by atoms with Crippen molar-refractivity contribution in [1.82, 2.24) is 4.90 Å². The summed E-state index contributed by atoms with van der Waals surface area (Å²) in [6.45, 7) is 8.04. The molecule has 4 rings (SSSR count). The Morgan fingerprint density at radius 2 is 1.77 bits per heavy atom. The van der Waals surface area contributed by atoms with Gasteiger partial charge in [0.2, 0.25) is 0 Å². The zero-order valence-electron chi connectivity index (χ0n) is 15.3. The van der Waals surface area contributed by atoms with Crippen LogP contribution in [0, 0.1) is 0 Å². The van der Waals surface area contributed by atoms with E-state index in [9.17, 15) is 0 Å². The lowest BCUT2D eigenvalue weighted by Crippen LogP contribution is -2.51. The van der Waals surface area contributed by atoms with Gasteiger partial charge in [0.05, 0.1) is 0 Å². The number of thiophene rings is 1. The van der Waals surface area contributed by atoms with Gasteiger partial charge in [-0.3, -0.25) is 4.90 Å². The molecule has 0 saturated heterocycles. The molecule has 0 fully saturated rings. The number of nitrogens with zero attached hydrogens (tertiary/aromatic N) is 1. The average molecular weight is 399 g/mol. The first kappa shape index (κ1) is 18.0. The molecule has 0 aliphatic carbocycles. The zero-order valence-corrected chi connectivity index (χ0v) is 17.9. The maximum atomic E-state index is 6.36. The second kappa shape index (κ2) is 7.32. The lowest BCUT2D eigenvalue weighted by molar-refractivity contribution is 0.247. The van der Waals surface area contributed by atoms with E-state index in [4.69, 9.17) is 11.6 Å². The normalized spacial score (nSPS) is 15.0. The molecule has 134 valence electrons. The van der Waals surface area contributed by atoms with Crippen LogP contribution in [0.15, 0.2) is 60.7 Å².